The van der Waals surface area contributed by atoms with Crippen molar-refractivity contribution in [3.63, 3.8) is 0 Å². The van der Waals surface area contributed by atoms with Crippen LogP contribution in [0.4, 0.5) is 4.79 Å². The Bertz CT molecular complexity index is 575. The van der Waals surface area contributed by atoms with Gasteiger partial charge in [0.25, 0.3) is 5.91 Å². The second-order valence-corrected chi connectivity index (χ2v) is 5.04. The molecule has 1 saturated heterocycles. The number of rotatable bonds is 5. The molecule has 1 aromatic rings. The number of ether oxygens (including phenoxy) is 2. The van der Waals surface area contributed by atoms with Crippen molar-refractivity contribution >= 4 is 29.5 Å². The summed E-state index contributed by atoms with van der Waals surface area (Å²) in [6.45, 7) is 1.67. The van der Waals surface area contributed by atoms with Crippen molar-refractivity contribution in [2.24, 2.45) is 0 Å². The maximum atomic E-state index is 11.8. The summed E-state index contributed by atoms with van der Waals surface area (Å²) in [4.78, 5) is 35.8. The zero-order valence-electron chi connectivity index (χ0n) is 11.9. The minimum absolute atomic E-state index is 0.270. The normalized spacial score (nSPS) is 15.2. The van der Waals surface area contributed by atoms with Crippen molar-refractivity contribution in [2.45, 2.75) is 13.0 Å². The molecule has 0 saturated carbocycles. The van der Waals surface area contributed by atoms with E-state index in [0.717, 1.165) is 4.90 Å². The van der Waals surface area contributed by atoms with Crippen LogP contribution in [0.2, 0.25) is 5.02 Å². The molecule has 1 N–H and O–H groups in total. The van der Waals surface area contributed by atoms with E-state index in [9.17, 15) is 14.4 Å². The van der Waals surface area contributed by atoms with E-state index in [1.54, 1.807) is 24.3 Å². The van der Waals surface area contributed by atoms with E-state index < -0.39 is 30.6 Å². The van der Waals surface area contributed by atoms with E-state index in [-0.39, 0.29) is 6.54 Å². The van der Waals surface area contributed by atoms with Crippen LogP contribution < -0.4 is 10.1 Å². The minimum Gasteiger partial charge on any atom is -0.479 e. The number of imide groups is 1. The number of nitrogens with one attached hydrogen (secondary N) is 1. The Labute approximate surface area is 132 Å². The Morgan fingerprint density at radius 1 is 1.36 bits per heavy atom. The quantitative estimate of drug-likeness (QED) is 0.822. The zero-order chi connectivity index (χ0) is 16.1. The third kappa shape index (κ3) is 4.11. The molecule has 1 aromatic carbocycles. The first-order valence-corrected chi connectivity index (χ1v) is 7.02. The summed E-state index contributed by atoms with van der Waals surface area (Å²) in [6, 6.07) is 6.01. The number of hydrogen-bond donors (Lipinski definition) is 1. The second-order valence-electron chi connectivity index (χ2n) is 4.60. The van der Waals surface area contributed by atoms with Gasteiger partial charge in [-0.1, -0.05) is 11.6 Å². The van der Waals surface area contributed by atoms with Crippen molar-refractivity contribution in [1.29, 1.82) is 0 Å². The lowest BCUT2D eigenvalue weighted by atomic mass is 10.3. The van der Waals surface area contributed by atoms with Gasteiger partial charge in [0.1, 0.15) is 5.75 Å². The molecule has 0 radical (unpaired) electrons. The average molecular weight is 327 g/mol. The van der Waals surface area contributed by atoms with Crippen molar-refractivity contribution < 1.29 is 23.9 Å². The van der Waals surface area contributed by atoms with E-state index in [1.807, 2.05) is 0 Å². The molecule has 0 spiro atoms. The molecule has 7 nitrogen and oxygen atoms in total. The van der Waals surface area contributed by atoms with E-state index in [1.165, 1.54) is 6.92 Å². The Morgan fingerprint density at radius 2 is 2.05 bits per heavy atom. The monoisotopic (exact) mass is 326 g/mol. The molecule has 1 atom stereocenters. The van der Waals surface area contributed by atoms with E-state index in [4.69, 9.17) is 21.1 Å². The van der Waals surface area contributed by atoms with Gasteiger partial charge in [-0.25, -0.2) is 9.59 Å². The van der Waals surface area contributed by atoms with Gasteiger partial charge in [-0.2, -0.15) is 0 Å². The van der Waals surface area contributed by atoms with Crippen LogP contribution in [0.5, 0.6) is 5.75 Å². The third-order valence-electron chi connectivity index (χ3n) is 2.95. The first-order chi connectivity index (χ1) is 10.5. The van der Waals surface area contributed by atoms with Gasteiger partial charge in [0.15, 0.2) is 12.7 Å². The molecule has 2 rings (SSSR count). The predicted octanol–water partition coefficient (Wildman–Crippen LogP) is 1.20. The summed E-state index contributed by atoms with van der Waals surface area (Å²) < 4.78 is 10.2. The number of benzene rings is 1. The largest absolute Gasteiger partial charge is 0.479 e. The number of carbonyl (C=O) groups is 3. The lowest BCUT2D eigenvalue weighted by Gasteiger charge is -2.15. The first-order valence-electron chi connectivity index (χ1n) is 6.64. The average Bonchev–Trinajstić information content (AvgIpc) is 2.93. The van der Waals surface area contributed by atoms with Crippen LogP contribution in [-0.2, 0) is 14.3 Å². The van der Waals surface area contributed by atoms with Crippen LogP contribution in [0.3, 0.4) is 0 Å². The van der Waals surface area contributed by atoms with Crippen LogP contribution in [-0.4, -0.2) is 48.6 Å². The molecule has 22 heavy (non-hydrogen) atoms. The third-order valence-corrected chi connectivity index (χ3v) is 3.21. The summed E-state index contributed by atoms with van der Waals surface area (Å²) in [5, 5.41) is 3.04. The number of carbonyl (C=O) groups excluding carboxylic acids is 3. The van der Waals surface area contributed by atoms with Gasteiger partial charge in [0, 0.05) is 18.1 Å². The van der Waals surface area contributed by atoms with Gasteiger partial charge < -0.3 is 14.8 Å². The summed E-state index contributed by atoms with van der Waals surface area (Å²) in [5.74, 6) is -0.802. The van der Waals surface area contributed by atoms with Gasteiger partial charge in [0.05, 0.1) is 0 Å². The Hall–Kier alpha value is -2.28. The van der Waals surface area contributed by atoms with Crippen LogP contribution >= 0.6 is 11.6 Å². The van der Waals surface area contributed by atoms with Gasteiger partial charge in [-0.15, -0.1) is 0 Å². The molecular formula is C14H15ClN2O5. The fourth-order valence-electron chi connectivity index (χ4n) is 1.80. The molecule has 8 heteroatoms. The fraction of sp³-hybridized carbons (Fsp3) is 0.357. The maximum absolute atomic E-state index is 11.8. The highest BCUT2D eigenvalue weighted by molar-refractivity contribution is 6.30. The summed E-state index contributed by atoms with van der Waals surface area (Å²) in [7, 11) is 0. The minimum atomic E-state index is -0.888. The molecule has 3 amide bonds. The second kappa shape index (κ2) is 7.13. The van der Waals surface area contributed by atoms with E-state index in [2.05, 4.69) is 5.32 Å². The van der Waals surface area contributed by atoms with Crippen LogP contribution in [0.25, 0.3) is 0 Å². The van der Waals surface area contributed by atoms with Crippen molar-refractivity contribution in [1.82, 2.24) is 10.2 Å². The number of esters is 1. The molecule has 1 fully saturated rings. The Balaban J connectivity index is 1.80. The summed E-state index contributed by atoms with van der Waals surface area (Å²) >= 11 is 5.75. The summed E-state index contributed by atoms with van der Waals surface area (Å²) in [5.41, 5.74) is 0. The SMILES string of the molecule is C[C@H](Oc1ccc(Cl)cc1)C(=O)OCC(=O)N1CCNC1=O. The molecule has 1 aliphatic heterocycles. The molecule has 0 bridgehead atoms. The first kappa shape index (κ1) is 16.1. The molecule has 1 heterocycles. The van der Waals surface area contributed by atoms with Crippen LogP contribution in [0.15, 0.2) is 24.3 Å². The van der Waals surface area contributed by atoms with Crippen LogP contribution in [0.1, 0.15) is 6.92 Å². The molecule has 0 unspecified atom stereocenters. The highest BCUT2D eigenvalue weighted by Gasteiger charge is 2.27. The van der Waals surface area contributed by atoms with Gasteiger partial charge in [-0.3, -0.25) is 9.69 Å². The number of amides is 3. The van der Waals surface area contributed by atoms with Crippen LogP contribution in [0, 0.1) is 0 Å². The number of nitrogens with zero attached hydrogens (tertiary/aromatic N) is 1. The Morgan fingerprint density at radius 3 is 2.64 bits per heavy atom. The van der Waals surface area contributed by atoms with Crippen molar-refractivity contribution in [2.75, 3.05) is 19.7 Å². The van der Waals surface area contributed by atoms with Crippen molar-refractivity contribution in [3.8, 4) is 5.75 Å². The molecule has 0 aliphatic carbocycles. The smallest absolute Gasteiger partial charge is 0.347 e. The topological polar surface area (TPSA) is 84.9 Å². The van der Waals surface area contributed by atoms with E-state index in [0.29, 0.717) is 17.3 Å². The molecular weight excluding hydrogens is 312 g/mol. The fourth-order valence-corrected chi connectivity index (χ4v) is 1.93. The van der Waals surface area contributed by atoms with E-state index >= 15 is 0 Å². The number of hydrogen-bond acceptors (Lipinski definition) is 5. The van der Waals surface area contributed by atoms with Gasteiger partial charge in [0.2, 0.25) is 0 Å². The number of halogens is 1. The summed E-state index contributed by atoms with van der Waals surface area (Å²) in [6.07, 6.45) is -0.888. The lowest BCUT2D eigenvalue weighted by molar-refractivity contribution is -0.156. The molecule has 0 aromatic heterocycles. The maximum Gasteiger partial charge on any atom is 0.347 e. The van der Waals surface area contributed by atoms with Gasteiger partial charge in [-0.05, 0) is 31.2 Å². The highest BCUT2D eigenvalue weighted by atomic mass is 35.5. The standard InChI is InChI=1S/C14H15ClN2O5/c1-9(22-11-4-2-10(15)3-5-11)13(19)21-8-12(18)17-7-6-16-14(17)20/h2-5,9H,6-8H2,1H3,(H,16,20)/t9-/m0/s1. The highest BCUT2D eigenvalue weighted by Crippen LogP contribution is 2.17. The zero-order valence-corrected chi connectivity index (χ0v) is 12.6. The van der Waals surface area contributed by atoms with Crippen molar-refractivity contribution in [3.05, 3.63) is 29.3 Å². The number of urea groups is 1. The lowest BCUT2D eigenvalue weighted by Crippen LogP contribution is -2.38. The predicted molar refractivity (Wildman–Crippen MR) is 77.6 cm³/mol. The molecule has 1 aliphatic rings. The molecule has 118 valence electrons. The van der Waals surface area contributed by atoms with Gasteiger partial charge >= 0.3 is 12.0 Å². The Kier molecular flexibility index (Phi) is 5.21.